The van der Waals surface area contributed by atoms with Gasteiger partial charge in [0, 0.05) is 17.7 Å². The second-order valence-corrected chi connectivity index (χ2v) is 8.73. The lowest BCUT2D eigenvalue weighted by Gasteiger charge is -2.28. The van der Waals surface area contributed by atoms with Gasteiger partial charge in [0.05, 0.1) is 19.1 Å². The Morgan fingerprint density at radius 1 is 1.37 bits per heavy atom. The standard InChI is InChI=1S/C23H32O6S/c1-29-20(26)12-8-4-7-11-18(25)21-22(27)19(30-2)15-23(21,28)14-13-17(24)16-9-5-3-6-10-16/h13-18,21,24-25,28H,3-6,8-10,12H2,1-2H3/b14-13+. The fourth-order valence-corrected chi connectivity index (χ4v) is 4.65. The number of carbonyl (C=O) groups is 2. The number of methoxy groups -OCH3 is 1. The fraction of sp³-hybridized carbons (Fsp3) is 0.652. The third kappa shape index (κ3) is 6.45. The summed E-state index contributed by atoms with van der Waals surface area (Å²) in [6, 6.07) is 0. The van der Waals surface area contributed by atoms with Gasteiger partial charge in [-0.1, -0.05) is 31.3 Å². The van der Waals surface area contributed by atoms with E-state index in [-0.39, 0.29) is 24.1 Å². The van der Waals surface area contributed by atoms with Gasteiger partial charge < -0.3 is 20.1 Å². The molecule has 0 aromatic heterocycles. The number of hydrogen-bond acceptors (Lipinski definition) is 7. The van der Waals surface area contributed by atoms with Crippen molar-refractivity contribution in [1.82, 2.24) is 0 Å². The normalized spacial score (nSPS) is 26.8. The van der Waals surface area contributed by atoms with Crippen LogP contribution in [0.2, 0.25) is 0 Å². The number of carbonyl (C=O) groups excluding carboxylic acids is 2. The lowest BCUT2D eigenvalue weighted by molar-refractivity contribution is -0.140. The van der Waals surface area contributed by atoms with Crippen LogP contribution in [0.4, 0.5) is 0 Å². The SMILES string of the molecule is COC(=O)CCCC#CC(O)C1C(=O)C(SC)=CC1(O)/C=C/C(O)C1CCCCC1. The minimum atomic E-state index is -1.70. The predicted molar refractivity (Wildman–Crippen MR) is 116 cm³/mol. The Hall–Kier alpha value is -1.59. The number of ether oxygens (including phenoxy) is 1. The molecule has 4 unspecified atom stereocenters. The summed E-state index contributed by atoms with van der Waals surface area (Å²) in [4.78, 5) is 24.2. The van der Waals surface area contributed by atoms with Crippen LogP contribution in [-0.2, 0) is 14.3 Å². The molecule has 3 N–H and O–H groups in total. The molecule has 7 heteroatoms. The molecule has 0 heterocycles. The van der Waals surface area contributed by atoms with Crippen LogP contribution in [0.1, 0.15) is 51.4 Å². The third-order valence-electron chi connectivity index (χ3n) is 5.77. The van der Waals surface area contributed by atoms with E-state index in [2.05, 4.69) is 16.6 Å². The molecule has 0 radical (unpaired) electrons. The highest BCUT2D eigenvalue weighted by molar-refractivity contribution is 8.03. The lowest BCUT2D eigenvalue weighted by Crippen LogP contribution is -2.42. The van der Waals surface area contributed by atoms with Crippen molar-refractivity contribution in [1.29, 1.82) is 0 Å². The van der Waals surface area contributed by atoms with Gasteiger partial charge in [0.15, 0.2) is 5.78 Å². The van der Waals surface area contributed by atoms with E-state index in [1.54, 1.807) is 12.3 Å². The number of rotatable bonds is 8. The molecule has 4 atom stereocenters. The lowest BCUT2D eigenvalue weighted by atomic mass is 9.82. The van der Waals surface area contributed by atoms with Gasteiger partial charge in [0.1, 0.15) is 11.7 Å². The van der Waals surface area contributed by atoms with Crippen molar-refractivity contribution in [2.75, 3.05) is 13.4 Å². The molecule has 2 rings (SSSR count). The molecule has 0 saturated heterocycles. The maximum absolute atomic E-state index is 12.7. The monoisotopic (exact) mass is 436 g/mol. The van der Waals surface area contributed by atoms with Crippen LogP contribution in [0.25, 0.3) is 0 Å². The van der Waals surface area contributed by atoms with Crippen molar-refractivity contribution < 1.29 is 29.6 Å². The molecule has 30 heavy (non-hydrogen) atoms. The van der Waals surface area contributed by atoms with Crippen LogP contribution >= 0.6 is 11.8 Å². The quantitative estimate of drug-likeness (QED) is 0.232. The van der Waals surface area contributed by atoms with Crippen LogP contribution in [0.3, 0.4) is 0 Å². The van der Waals surface area contributed by atoms with Crippen LogP contribution in [0, 0.1) is 23.7 Å². The van der Waals surface area contributed by atoms with Gasteiger partial charge in [0.2, 0.25) is 0 Å². The zero-order valence-corrected chi connectivity index (χ0v) is 18.5. The van der Waals surface area contributed by atoms with Gasteiger partial charge in [-0.15, -0.1) is 17.7 Å². The smallest absolute Gasteiger partial charge is 0.305 e. The van der Waals surface area contributed by atoms with E-state index in [1.807, 2.05) is 0 Å². The first kappa shape index (κ1) is 24.7. The van der Waals surface area contributed by atoms with Crippen LogP contribution in [0.15, 0.2) is 23.1 Å². The first-order valence-electron chi connectivity index (χ1n) is 10.5. The highest BCUT2D eigenvalue weighted by Crippen LogP contribution is 2.39. The van der Waals surface area contributed by atoms with Gasteiger partial charge in [-0.2, -0.15) is 0 Å². The molecule has 6 nitrogen and oxygen atoms in total. The molecule has 0 aromatic rings. The van der Waals surface area contributed by atoms with Gasteiger partial charge in [0.25, 0.3) is 0 Å². The van der Waals surface area contributed by atoms with E-state index < -0.39 is 23.7 Å². The maximum atomic E-state index is 12.7. The van der Waals surface area contributed by atoms with E-state index >= 15 is 0 Å². The van der Waals surface area contributed by atoms with E-state index in [0.717, 1.165) is 25.7 Å². The molecular formula is C23H32O6S. The highest BCUT2D eigenvalue weighted by Gasteiger charge is 2.48. The van der Waals surface area contributed by atoms with Crippen molar-refractivity contribution in [2.45, 2.75) is 69.2 Å². The summed E-state index contributed by atoms with van der Waals surface area (Å²) >= 11 is 1.21. The summed E-state index contributed by atoms with van der Waals surface area (Å²) in [6.45, 7) is 0. The molecule has 166 valence electrons. The second-order valence-electron chi connectivity index (χ2n) is 7.89. The Labute approximate surface area is 182 Å². The Bertz CT molecular complexity index is 728. The predicted octanol–water partition coefficient (Wildman–Crippen LogP) is 2.37. The number of hydrogen-bond donors (Lipinski definition) is 3. The number of unbranched alkanes of at least 4 members (excludes halogenated alkanes) is 1. The molecule has 0 aromatic carbocycles. The molecule has 2 aliphatic rings. The molecule has 0 spiro atoms. The number of aliphatic hydroxyl groups is 3. The minimum Gasteiger partial charge on any atom is -0.469 e. The molecule has 1 saturated carbocycles. The van der Waals surface area contributed by atoms with Crippen LogP contribution < -0.4 is 0 Å². The number of aliphatic hydroxyl groups excluding tert-OH is 2. The van der Waals surface area contributed by atoms with Gasteiger partial charge >= 0.3 is 5.97 Å². The van der Waals surface area contributed by atoms with E-state index in [1.165, 1.54) is 37.4 Å². The highest BCUT2D eigenvalue weighted by atomic mass is 32.2. The zero-order valence-electron chi connectivity index (χ0n) is 17.7. The average Bonchev–Trinajstić information content (AvgIpc) is 3.02. The number of esters is 1. The van der Waals surface area contributed by atoms with Gasteiger partial charge in [-0.25, -0.2) is 0 Å². The summed E-state index contributed by atoms with van der Waals surface area (Å²) < 4.78 is 4.56. The van der Waals surface area contributed by atoms with Crippen molar-refractivity contribution in [3.05, 3.63) is 23.1 Å². The first-order chi connectivity index (χ1) is 14.3. The minimum absolute atomic E-state index is 0.151. The average molecular weight is 437 g/mol. The topological polar surface area (TPSA) is 104 Å². The summed E-state index contributed by atoms with van der Waals surface area (Å²) in [5, 5.41) is 32.2. The van der Waals surface area contributed by atoms with Crippen LogP contribution in [-0.4, -0.2) is 58.2 Å². The van der Waals surface area contributed by atoms with Gasteiger partial charge in [-0.3, -0.25) is 9.59 Å². The van der Waals surface area contributed by atoms with E-state index in [4.69, 9.17) is 0 Å². The molecule has 2 aliphatic carbocycles. The number of allylic oxidation sites excluding steroid dienone is 1. The second kappa shape index (κ2) is 11.7. The van der Waals surface area contributed by atoms with E-state index in [0.29, 0.717) is 17.7 Å². The van der Waals surface area contributed by atoms with Crippen LogP contribution in [0.5, 0.6) is 0 Å². The molecule has 1 fully saturated rings. The summed E-state index contributed by atoms with van der Waals surface area (Å²) in [7, 11) is 1.32. The van der Waals surface area contributed by atoms with Crippen molar-refractivity contribution >= 4 is 23.5 Å². The number of thioether (sulfide) groups is 1. The Morgan fingerprint density at radius 3 is 2.70 bits per heavy atom. The zero-order chi connectivity index (χ0) is 22.1. The van der Waals surface area contributed by atoms with Crippen molar-refractivity contribution in [3.63, 3.8) is 0 Å². The summed E-state index contributed by atoms with van der Waals surface area (Å²) in [5.74, 6) is 3.72. The van der Waals surface area contributed by atoms with Crippen molar-refractivity contribution in [2.24, 2.45) is 11.8 Å². The molecular weight excluding hydrogens is 404 g/mol. The Morgan fingerprint density at radius 2 is 2.07 bits per heavy atom. The third-order valence-corrected chi connectivity index (χ3v) is 6.53. The van der Waals surface area contributed by atoms with E-state index in [9.17, 15) is 24.9 Å². The summed E-state index contributed by atoms with van der Waals surface area (Å²) in [6.07, 6.45) is 10.4. The molecule has 0 bridgehead atoms. The summed E-state index contributed by atoms with van der Waals surface area (Å²) in [5.41, 5.74) is -1.70. The fourth-order valence-electron chi connectivity index (χ4n) is 4.01. The first-order valence-corrected chi connectivity index (χ1v) is 11.7. The van der Waals surface area contributed by atoms with Gasteiger partial charge in [-0.05, 0) is 43.6 Å². The molecule has 0 aliphatic heterocycles. The number of Topliss-reactive ketones (excluding diaryl/α,β-unsaturated/α-hetero) is 1. The Kier molecular flexibility index (Phi) is 9.63. The number of ketones is 1. The Balaban J connectivity index is 2.09. The maximum Gasteiger partial charge on any atom is 0.305 e. The largest absolute Gasteiger partial charge is 0.469 e. The van der Waals surface area contributed by atoms with Crippen molar-refractivity contribution in [3.8, 4) is 11.8 Å². The molecule has 0 amide bonds.